The van der Waals surface area contributed by atoms with Gasteiger partial charge < -0.3 is 10.4 Å². The minimum Gasteiger partial charge on any atom is -0.395 e. The Bertz CT molecular complexity index is 154. The largest absolute Gasteiger partial charge is 0.395 e. The zero-order chi connectivity index (χ0) is 9.10. The van der Waals surface area contributed by atoms with Crippen LogP contribution in [0.4, 0.5) is 0 Å². The fourth-order valence-corrected chi connectivity index (χ4v) is 2.90. The molecule has 2 N–H and O–H groups in total. The quantitative estimate of drug-likeness (QED) is 0.682. The topological polar surface area (TPSA) is 32.3 Å². The molecule has 0 unspecified atom stereocenters. The van der Waals surface area contributed by atoms with E-state index in [0.717, 1.165) is 12.0 Å². The molecule has 2 rings (SSSR count). The van der Waals surface area contributed by atoms with Crippen LogP contribution in [0, 0.1) is 5.92 Å². The van der Waals surface area contributed by atoms with Crippen LogP contribution in [-0.4, -0.2) is 23.8 Å². The Morgan fingerprint density at radius 2 is 1.77 bits per heavy atom. The molecule has 2 nitrogen and oxygen atoms in total. The molecule has 13 heavy (non-hydrogen) atoms. The van der Waals surface area contributed by atoms with Crippen molar-refractivity contribution in [1.82, 2.24) is 5.32 Å². The standard InChI is InChI=1S/C11H21NO/c13-8-10-6-7-11(12-10)9-4-2-1-3-5-9/h9-13H,1-8H2/t10-,11+/m0/s1. The van der Waals surface area contributed by atoms with Crippen LogP contribution in [0.25, 0.3) is 0 Å². The second-order valence-electron chi connectivity index (χ2n) is 4.63. The van der Waals surface area contributed by atoms with Gasteiger partial charge in [-0.15, -0.1) is 0 Å². The summed E-state index contributed by atoms with van der Waals surface area (Å²) in [5, 5.41) is 12.6. The maximum Gasteiger partial charge on any atom is 0.0584 e. The van der Waals surface area contributed by atoms with Gasteiger partial charge in [-0.05, 0) is 31.6 Å². The lowest BCUT2D eigenvalue weighted by molar-refractivity contribution is 0.234. The summed E-state index contributed by atoms with van der Waals surface area (Å²) in [5.41, 5.74) is 0. The molecule has 2 fully saturated rings. The lowest BCUT2D eigenvalue weighted by atomic mass is 9.83. The molecular formula is C11H21NO. The average molecular weight is 183 g/mol. The van der Waals surface area contributed by atoms with Gasteiger partial charge >= 0.3 is 0 Å². The first-order valence-corrected chi connectivity index (χ1v) is 5.77. The molecular weight excluding hydrogens is 162 g/mol. The minimum absolute atomic E-state index is 0.323. The van der Waals surface area contributed by atoms with Crippen molar-refractivity contribution in [3.63, 3.8) is 0 Å². The molecule has 0 aromatic rings. The fourth-order valence-electron chi connectivity index (χ4n) is 2.90. The second kappa shape index (κ2) is 4.43. The van der Waals surface area contributed by atoms with E-state index in [1.165, 1.54) is 44.9 Å². The summed E-state index contributed by atoms with van der Waals surface area (Å²) in [6.07, 6.45) is 9.57. The predicted octanol–water partition coefficient (Wildman–Crippen LogP) is 1.68. The van der Waals surface area contributed by atoms with Crippen LogP contribution >= 0.6 is 0 Å². The maximum atomic E-state index is 9.02. The molecule has 2 aliphatic rings. The van der Waals surface area contributed by atoms with Gasteiger partial charge in [0.1, 0.15) is 0 Å². The molecule has 0 spiro atoms. The highest BCUT2D eigenvalue weighted by molar-refractivity contribution is 4.88. The summed E-state index contributed by atoms with van der Waals surface area (Å²) in [6, 6.07) is 1.12. The summed E-state index contributed by atoms with van der Waals surface area (Å²) in [7, 11) is 0. The molecule has 1 aliphatic heterocycles. The number of nitrogens with one attached hydrogen (secondary N) is 1. The van der Waals surface area contributed by atoms with E-state index in [2.05, 4.69) is 5.32 Å². The summed E-state index contributed by atoms with van der Waals surface area (Å²) in [4.78, 5) is 0. The average Bonchev–Trinajstić information content (AvgIpc) is 2.67. The van der Waals surface area contributed by atoms with Gasteiger partial charge in [0, 0.05) is 12.1 Å². The van der Waals surface area contributed by atoms with Crippen molar-refractivity contribution in [1.29, 1.82) is 0 Å². The molecule has 1 aliphatic carbocycles. The molecule has 0 amide bonds. The number of hydrogen-bond donors (Lipinski definition) is 2. The van der Waals surface area contributed by atoms with Crippen molar-refractivity contribution in [3.8, 4) is 0 Å². The lowest BCUT2D eigenvalue weighted by Crippen LogP contribution is -2.37. The molecule has 1 heterocycles. The lowest BCUT2D eigenvalue weighted by Gasteiger charge is -2.27. The highest BCUT2D eigenvalue weighted by Crippen LogP contribution is 2.31. The third-order valence-corrected chi connectivity index (χ3v) is 3.72. The Morgan fingerprint density at radius 3 is 2.38 bits per heavy atom. The zero-order valence-electron chi connectivity index (χ0n) is 8.34. The van der Waals surface area contributed by atoms with E-state index < -0.39 is 0 Å². The van der Waals surface area contributed by atoms with Gasteiger partial charge in [0.25, 0.3) is 0 Å². The van der Waals surface area contributed by atoms with E-state index in [4.69, 9.17) is 5.11 Å². The van der Waals surface area contributed by atoms with Gasteiger partial charge in [-0.3, -0.25) is 0 Å². The monoisotopic (exact) mass is 183 g/mol. The van der Waals surface area contributed by atoms with Crippen molar-refractivity contribution < 1.29 is 5.11 Å². The van der Waals surface area contributed by atoms with Crippen LogP contribution in [0.3, 0.4) is 0 Å². The van der Waals surface area contributed by atoms with Gasteiger partial charge in [-0.2, -0.15) is 0 Å². The van der Waals surface area contributed by atoms with Crippen LogP contribution in [0.1, 0.15) is 44.9 Å². The normalized spacial score (nSPS) is 36.7. The van der Waals surface area contributed by atoms with E-state index in [1.54, 1.807) is 0 Å². The van der Waals surface area contributed by atoms with Crippen molar-refractivity contribution in [2.75, 3.05) is 6.61 Å². The highest BCUT2D eigenvalue weighted by atomic mass is 16.3. The summed E-state index contributed by atoms with van der Waals surface area (Å²) in [6.45, 7) is 0.323. The molecule has 2 heteroatoms. The van der Waals surface area contributed by atoms with Crippen LogP contribution in [0.2, 0.25) is 0 Å². The molecule has 0 radical (unpaired) electrons. The van der Waals surface area contributed by atoms with Crippen LogP contribution in [-0.2, 0) is 0 Å². The summed E-state index contributed by atoms with van der Waals surface area (Å²) < 4.78 is 0. The molecule has 1 saturated carbocycles. The summed E-state index contributed by atoms with van der Waals surface area (Å²) >= 11 is 0. The first-order chi connectivity index (χ1) is 6.40. The second-order valence-corrected chi connectivity index (χ2v) is 4.63. The van der Waals surface area contributed by atoms with E-state index in [-0.39, 0.29) is 0 Å². The Kier molecular flexibility index (Phi) is 3.23. The third kappa shape index (κ3) is 2.23. The Hall–Kier alpha value is -0.0800. The Balaban J connectivity index is 1.80. The number of aliphatic hydroxyl groups excluding tert-OH is 1. The molecule has 76 valence electrons. The molecule has 0 bridgehead atoms. The van der Waals surface area contributed by atoms with E-state index in [9.17, 15) is 0 Å². The fraction of sp³-hybridized carbons (Fsp3) is 1.00. The van der Waals surface area contributed by atoms with Gasteiger partial charge in [0.05, 0.1) is 6.61 Å². The van der Waals surface area contributed by atoms with E-state index >= 15 is 0 Å². The van der Waals surface area contributed by atoms with Crippen molar-refractivity contribution in [2.24, 2.45) is 5.92 Å². The van der Waals surface area contributed by atoms with Gasteiger partial charge in [0.2, 0.25) is 0 Å². The molecule has 2 atom stereocenters. The SMILES string of the molecule is OC[C@@H]1CC[C@H](C2CCCCC2)N1. The van der Waals surface area contributed by atoms with Crippen LogP contribution < -0.4 is 5.32 Å². The van der Waals surface area contributed by atoms with E-state index in [1.807, 2.05) is 0 Å². The Labute approximate surface area is 80.7 Å². The first-order valence-electron chi connectivity index (χ1n) is 5.77. The zero-order valence-corrected chi connectivity index (χ0v) is 8.34. The van der Waals surface area contributed by atoms with Gasteiger partial charge in [0.15, 0.2) is 0 Å². The number of aliphatic hydroxyl groups is 1. The maximum absolute atomic E-state index is 9.02. The summed E-state index contributed by atoms with van der Waals surface area (Å²) in [5.74, 6) is 0.908. The van der Waals surface area contributed by atoms with E-state index in [0.29, 0.717) is 12.6 Å². The molecule has 0 aromatic carbocycles. The molecule has 1 saturated heterocycles. The van der Waals surface area contributed by atoms with Crippen LogP contribution in [0.5, 0.6) is 0 Å². The number of rotatable bonds is 2. The number of hydrogen-bond acceptors (Lipinski definition) is 2. The smallest absolute Gasteiger partial charge is 0.0584 e. The van der Waals surface area contributed by atoms with Crippen molar-refractivity contribution in [3.05, 3.63) is 0 Å². The third-order valence-electron chi connectivity index (χ3n) is 3.72. The minimum atomic E-state index is 0.323. The van der Waals surface area contributed by atoms with Crippen molar-refractivity contribution >= 4 is 0 Å². The first kappa shape index (κ1) is 9.47. The highest BCUT2D eigenvalue weighted by Gasteiger charge is 2.30. The van der Waals surface area contributed by atoms with Crippen LogP contribution in [0.15, 0.2) is 0 Å². The Morgan fingerprint density at radius 1 is 1.00 bits per heavy atom. The van der Waals surface area contributed by atoms with Gasteiger partial charge in [-0.25, -0.2) is 0 Å². The molecule has 0 aromatic heterocycles. The predicted molar refractivity (Wildman–Crippen MR) is 53.6 cm³/mol. The van der Waals surface area contributed by atoms with Crippen molar-refractivity contribution in [2.45, 2.75) is 57.0 Å². The van der Waals surface area contributed by atoms with Gasteiger partial charge in [-0.1, -0.05) is 19.3 Å².